The Morgan fingerprint density at radius 3 is 1.79 bits per heavy atom. The third kappa shape index (κ3) is 3.79. The van der Waals surface area contributed by atoms with Crippen LogP contribution >= 0.6 is 0 Å². The molecule has 0 atom stereocenters. The van der Waals surface area contributed by atoms with Crippen LogP contribution in [0, 0.1) is 0 Å². The van der Waals surface area contributed by atoms with E-state index < -0.39 is 5.97 Å². The van der Waals surface area contributed by atoms with E-state index in [1.165, 1.54) is 6.07 Å². The maximum absolute atomic E-state index is 11.1. The molecule has 0 radical (unpaired) electrons. The minimum absolute atomic E-state index is 0. The Kier molecular flexibility index (Phi) is 5.36. The average Bonchev–Trinajstić information content (AvgIpc) is 2.12. The Labute approximate surface area is 127 Å². The van der Waals surface area contributed by atoms with Crippen LogP contribution < -0.4 is 0 Å². The molecule has 0 amide bonds. The number of hydrogen-bond donors (Lipinski definition) is 2. The van der Waals surface area contributed by atoms with Crippen molar-refractivity contribution < 1.29 is 34.5 Å². The van der Waals surface area contributed by atoms with Gasteiger partial charge in [0.2, 0.25) is 0 Å². The van der Waals surface area contributed by atoms with Crippen LogP contribution in [-0.2, 0) is 30.3 Å². The van der Waals surface area contributed by atoms with Crippen molar-refractivity contribution >= 4 is 5.97 Å². The Morgan fingerprint density at radius 1 is 1.00 bits per heavy atom. The normalized spacial score (nSPS) is 11.9. The minimum atomic E-state index is -1.10. The molecule has 1 rings (SSSR count). The van der Waals surface area contributed by atoms with Gasteiger partial charge in [0, 0.05) is 25.0 Å². The number of benzene rings is 1. The third-order valence-corrected chi connectivity index (χ3v) is 2.97. The van der Waals surface area contributed by atoms with Gasteiger partial charge in [-0.15, -0.1) is 0 Å². The quantitative estimate of drug-likeness (QED) is 0.777. The van der Waals surface area contributed by atoms with Crippen molar-refractivity contribution in [2.75, 3.05) is 0 Å². The van der Waals surface area contributed by atoms with Gasteiger partial charge < -0.3 is 10.2 Å². The second-order valence-electron chi connectivity index (χ2n) is 6.69. The molecule has 0 spiro atoms. The smallest absolute Gasteiger partial charge is 0.339 e. The molecule has 19 heavy (non-hydrogen) atoms. The third-order valence-electron chi connectivity index (χ3n) is 2.97. The van der Waals surface area contributed by atoms with Crippen molar-refractivity contribution in [3.63, 3.8) is 0 Å². The zero-order valence-corrected chi connectivity index (χ0v) is 15.6. The van der Waals surface area contributed by atoms with Crippen LogP contribution in [0.15, 0.2) is 12.1 Å². The summed E-state index contributed by atoms with van der Waals surface area (Å²) >= 11 is 0. The fraction of sp³-hybridized carbons (Fsp3) is 0.533. The van der Waals surface area contributed by atoms with Crippen LogP contribution in [-0.4, -0.2) is 16.2 Å². The maximum atomic E-state index is 11.1. The first kappa shape index (κ1) is 18.1. The van der Waals surface area contributed by atoms with Crippen molar-refractivity contribution in [3.05, 3.63) is 28.8 Å². The largest absolute Gasteiger partial charge is 0.507 e. The molecule has 0 aliphatic carbocycles. The van der Waals surface area contributed by atoms with Gasteiger partial charge in [0.1, 0.15) is 11.3 Å². The Balaban J connectivity index is 0.00000324. The van der Waals surface area contributed by atoms with Crippen LogP contribution in [0.3, 0.4) is 0 Å². The fourth-order valence-corrected chi connectivity index (χ4v) is 2.15. The van der Waals surface area contributed by atoms with Crippen molar-refractivity contribution in [1.29, 1.82) is 0 Å². The van der Waals surface area contributed by atoms with Gasteiger partial charge in [-0.25, -0.2) is 4.79 Å². The van der Waals surface area contributed by atoms with Crippen molar-refractivity contribution in [3.8, 4) is 5.75 Å². The molecule has 4 heteroatoms. The first-order chi connectivity index (χ1) is 7.96. The van der Waals surface area contributed by atoms with E-state index in [0.29, 0.717) is 0 Å². The zero-order valence-electron chi connectivity index (χ0n) is 12.7. The Morgan fingerprint density at radius 2 is 1.47 bits per heavy atom. The van der Waals surface area contributed by atoms with Gasteiger partial charge in [-0.3, -0.25) is 0 Å². The molecule has 1 aromatic carbocycles. The number of phenols is 1. The summed E-state index contributed by atoms with van der Waals surface area (Å²) in [5.74, 6) is -1.21. The SMILES string of the molecule is CC(C)(C)c1ccc(C(=O)O)c(O)c1C(C)(C)C.[Zn]. The second kappa shape index (κ2) is 5.62. The van der Waals surface area contributed by atoms with Crippen molar-refractivity contribution in [1.82, 2.24) is 0 Å². The van der Waals surface area contributed by atoms with E-state index >= 15 is 0 Å². The number of aromatic carboxylic acids is 1. The summed E-state index contributed by atoms with van der Waals surface area (Å²) in [7, 11) is 0. The molecule has 3 nitrogen and oxygen atoms in total. The average molecular weight is 316 g/mol. The molecule has 0 aliphatic rings. The van der Waals surface area contributed by atoms with Crippen LogP contribution in [0.5, 0.6) is 5.75 Å². The van der Waals surface area contributed by atoms with Crippen LogP contribution in [0.25, 0.3) is 0 Å². The zero-order chi connectivity index (χ0) is 14.3. The predicted molar refractivity (Wildman–Crippen MR) is 72.5 cm³/mol. The van der Waals surface area contributed by atoms with Crippen LogP contribution in [0.2, 0.25) is 0 Å². The number of carboxylic acids is 1. The molecular weight excluding hydrogens is 294 g/mol. The van der Waals surface area contributed by atoms with E-state index in [4.69, 9.17) is 5.11 Å². The molecule has 0 fully saturated rings. The van der Waals surface area contributed by atoms with E-state index in [2.05, 4.69) is 20.8 Å². The van der Waals surface area contributed by atoms with Gasteiger partial charge in [0.15, 0.2) is 0 Å². The Bertz CT molecular complexity index is 479. The summed E-state index contributed by atoms with van der Waals surface area (Å²) in [4.78, 5) is 11.1. The molecule has 102 valence electrons. The predicted octanol–water partition coefficient (Wildman–Crippen LogP) is 3.68. The summed E-state index contributed by atoms with van der Waals surface area (Å²) in [6.45, 7) is 12.1. The molecule has 0 saturated heterocycles. The number of rotatable bonds is 1. The van der Waals surface area contributed by atoms with E-state index in [9.17, 15) is 9.90 Å². The van der Waals surface area contributed by atoms with Crippen LogP contribution in [0.4, 0.5) is 0 Å². The maximum Gasteiger partial charge on any atom is 0.339 e. The van der Waals surface area contributed by atoms with Crippen molar-refractivity contribution in [2.45, 2.75) is 52.4 Å². The molecule has 0 saturated carbocycles. The Hall–Kier alpha value is -0.887. The van der Waals surface area contributed by atoms with Gasteiger partial charge in [-0.05, 0) is 22.5 Å². The van der Waals surface area contributed by atoms with Crippen LogP contribution in [0.1, 0.15) is 63.0 Å². The monoisotopic (exact) mass is 314 g/mol. The van der Waals surface area contributed by atoms with Gasteiger partial charge in [0.05, 0.1) is 0 Å². The van der Waals surface area contributed by atoms with Crippen molar-refractivity contribution in [2.24, 2.45) is 0 Å². The van der Waals surface area contributed by atoms with Gasteiger partial charge in [-0.2, -0.15) is 0 Å². The first-order valence-corrected chi connectivity index (χ1v) is 6.06. The first-order valence-electron chi connectivity index (χ1n) is 6.06. The standard InChI is InChI=1S/C15H22O3.Zn/c1-14(2,3)10-8-7-9(13(17)18)12(16)11(10)15(4,5)6;/h7-8,16H,1-6H3,(H,17,18);. The number of hydrogen-bond acceptors (Lipinski definition) is 2. The molecule has 1 aromatic rings. The summed E-state index contributed by atoms with van der Waals surface area (Å²) in [5.41, 5.74) is 1.22. The fourth-order valence-electron chi connectivity index (χ4n) is 2.15. The van der Waals surface area contributed by atoms with E-state index in [1.807, 2.05) is 26.8 Å². The van der Waals surface area contributed by atoms with E-state index in [1.54, 1.807) is 0 Å². The number of carboxylic acid groups (broad SMARTS) is 1. The summed E-state index contributed by atoms with van der Waals surface area (Å²) in [6.07, 6.45) is 0. The molecule has 0 heterocycles. The molecular formula is C15H22O3Zn. The number of carbonyl (C=O) groups is 1. The summed E-state index contributed by atoms with van der Waals surface area (Å²) < 4.78 is 0. The topological polar surface area (TPSA) is 57.5 Å². The summed E-state index contributed by atoms with van der Waals surface area (Å²) in [5, 5.41) is 19.3. The second-order valence-corrected chi connectivity index (χ2v) is 6.69. The van der Waals surface area contributed by atoms with Gasteiger partial charge in [0.25, 0.3) is 0 Å². The molecule has 0 aliphatic heterocycles. The molecule has 0 bridgehead atoms. The minimum Gasteiger partial charge on any atom is -0.507 e. The summed E-state index contributed by atoms with van der Waals surface area (Å²) in [6, 6.07) is 3.29. The van der Waals surface area contributed by atoms with E-state index in [0.717, 1.165) is 11.1 Å². The van der Waals surface area contributed by atoms with Gasteiger partial charge in [-0.1, -0.05) is 47.6 Å². The molecule has 2 N–H and O–H groups in total. The van der Waals surface area contributed by atoms with E-state index in [-0.39, 0.29) is 41.6 Å². The molecule has 0 aromatic heterocycles. The molecule has 0 unspecified atom stereocenters. The van der Waals surface area contributed by atoms with Gasteiger partial charge >= 0.3 is 5.97 Å². The number of aromatic hydroxyl groups is 1.